The number of thiocarbonyl (C=S) groups is 1. The topological polar surface area (TPSA) is 68.2 Å². The van der Waals surface area contributed by atoms with E-state index in [2.05, 4.69) is 43.8 Å². The fourth-order valence-corrected chi connectivity index (χ4v) is 4.35. The Morgan fingerprint density at radius 3 is 2.83 bits per heavy atom. The molecule has 0 saturated carbocycles. The number of anilines is 1. The molecule has 3 rings (SSSR count). The lowest BCUT2D eigenvalue weighted by atomic mass is 10.1. The predicted octanol–water partition coefficient (Wildman–Crippen LogP) is 4.46. The highest BCUT2D eigenvalue weighted by molar-refractivity contribution is 9.10. The largest absolute Gasteiger partial charge is 0.462 e. The van der Waals surface area contributed by atoms with Gasteiger partial charge in [-0.3, -0.25) is 4.68 Å². The predicted molar refractivity (Wildman–Crippen MR) is 124 cm³/mol. The number of esters is 1. The number of halogens is 1. The minimum absolute atomic E-state index is 0.324. The highest BCUT2D eigenvalue weighted by Gasteiger charge is 2.18. The number of hydrogen-bond donors (Lipinski definition) is 2. The summed E-state index contributed by atoms with van der Waals surface area (Å²) in [7, 11) is 0. The Balaban J connectivity index is 1.65. The van der Waals surface area contributed by atoms with E-state index in [1.54, 1.807) is 13.1 Å². The molecule has 29 heavy (non-hydrogen) atoms. The summed E-state index contributed by atoms with van der Waals surface area (Å²) in [5, 5.41) is 11.6. The van der Waals surface area contributed by atoms with Crippen molar-refractivity contribution in [1.82, 2.24) is 15.1 Å². The average Bonchev–Trinajstić information content (AvgIpc) is 3.29. The molecule has 3 aromatic rings. The van der Waals surface area contributed by atoms with Crippen molar-refractivity contribution in [3.05, 3.63) is 69.3 Å². The van der Waals surface area contributed by atoms with Crippen LogP contribution in [-0.2, 0) is 17.7 Å². The van der Waals surface area contributed by atoms with Gasteiger partial charge in [0.05, 0.1) is 29.4 Å². The maximum Gasteiger partial charge on any atom is 0.341 e. The molecule has 0 bridgehead atoms. The third kappa shape index (κ3) is 6.38. The number of hydrogen-bond acceptors (Lipinski definition) is 5. The van der Waals surface area contributed by atoms with Crippen molar-refractivity contribution in [2.75, 3.05) is 18.5 Å². The van der Waals surface area contributed by atoms with Crippen molar-refractivity contribution in [1.29, 1.82) is 0 Å². The van der Waals surface area contributed by atoms with E-state index in [-0.39, 0.29) is 5.97 Å². The van der Waals surface area contributed by atoms with Crippen LogP contribution in [0.3, 0.4) is 0 Å². The Labute approximate surface area is 187 Å². The summed E-state index contributed by atoms with van der Waals surface area (Å²) < 4.78 is 7.95. The van der Waals surface area contributed by atoms with Gasteiger partial charge >= 0.3 is 5.97 Å². The van der Waals surface area contributed by atoms with E-state index >= 15 is 0 Å². The molecule has 152 valence electrons. The van der Waals surface area contributed by atoms with Crippen molar-refractivity contribution < 1.29 is 9.53 Å². The first kappa shape index (κ1) is 21.5. The van der Waals surface area contributed by atoms with Crippen molar-refractivity contribution in [3.63, 3.8) is 0 Å². The van der Waals surface area contributed by atoms with Crippen LogP contribution in [0, 0.1) is 0 Å². The molecule has 2 N–H and O–H groups in total. The number of nitrogens with zero attached hydrogens (tertiary/aromatic N) is 2. The van der Waals surface area contributed by atoms with Crippen molar-refractivity contribution in [2.24, 2.45) is 0 Å². The fourth-order valence-electron chi connectivity index (χ4n) is 2.67. The molecule has 0 aliphatic heterocycles. The molecule has 0 amide bonds. The summed E-state index contributed by atoms with van der Waals surface area (Å²) in [5.41, 5.74) is 1.68. The van der Waals surface area contributed by atoms with Crippen LogP contribution in [-0.4, -0.2) is 34.0 Å². The Morgan fingerprint density at radius 1 is 1.34 bits per heavy atom. The first-order valence-electron chi connectivity index (χ1n) is 9.11. The van der Waals surface area contributed by atoms with E-state index < -0.39 is 0 Å². The molecule has 0 spiro atoms. The normalized spacial score (nSPS) is 10.6. The van der Waals surface area contributed by atoms with Gasteiger partial charge < -0.3 is 15.4 Å². The molecule has 9 heteroatoms. The fraction of sp³-hybridized carbons (Fsp3) is 0.250. The average molecular weight is 493 g/mol. The quantitative estimate of drug-likeness (QED) is 0.357. The maximum absolute atomic E-state index is 12.4. The number of carbonyl (C=O) groups excluding carboxylic acids is 1. The van der Waals surface area contributed by atoms with Gasteiger partial charge in [0.1, 0.15) is 5.00 Å². The Kier molecular flexibility index (Phi) is 7.79. The molecule has 0 radical (unpaired) electrons. The maximum atomic E-state index is 12.4. The van der Waals surface area contributed by atoms with Crippen LogP contribution in [0.1, 0.15) is 27.7 Å². The second-order valence-electron chi connectivity index (χ2n) is 6.14. The van der Waals surface area contributed by atoms with E-state index in [9.17, 15) is 4.79 Å². The third-order valence-corrected chi connectivity index (χ3v) is 5.66. The van der Waals surface area contributed by atoms with Gasteiger partial charge in [0.2, 0.25) is 0 Å². The van der Waals surface area contributed by atoms with Gasteiger partial charge in [-0.15, -0.1) is 11.3 Å². The molecule has 0 aliphatic rings. The molecule has 2 heterocycles. The van der Waals surface area contributed by atoms with E-state index in [0.29, 0.717) is 35.4 Å². The molecule has 0 atom stereocenters. The minimum atomic E-state index is -0.352. The highest BCUT2D eigenvalue weighted by Crippen LogP contribution is 2.30. The third-order valence-electron chi connectivity index (χ3n) is 3.95. The summed E-state index contributed by atoms with van der Waals surface area (Å²) in [6.45, 7) is 3.39. The molecule has 1 aromatic carbocycles. The van der Waals surface area contributed by atoms with Crippen molar-refractivity contribution in [2.45, 2.75) is 19.9 Å². The van der Waals surface area contributed by atoms with Gasteiger partial charge in [0.25, 0.3) is 0 Å². The van der Waals surface area contributed by atoms with E-state index in [4.69, 9.17) is 17.0 Å². The Morgan fingerprint density at radius 2 is 2.14 bits per heavy atom. The number of thiophene rings is 1. The first-order chi connectivity index (χ1) is 14.0. The number of rotatable bonds is 8. The standard InChI is InChI=1S/C20H21BrN4O2S2/c1-2-27-19(26)17-11-16(10-14-6-4-3-5-7-14)29-18(17)24-20(28)22-8-9-25-13-15(21)12-23-25/h3-7,11-13H,2,8-10H2,1H3,(H2,22,24,28). The monoisotopic (exact) mass is 492 g/mol. The van der Waals surface area contributed by atoms with Gasteiger partial charge in [0, 0.05) is 24.0 Å². The van der Waals surface area contributed by atoms with Crippen LogP contribution in [0.25, 0.3) is 0 Å². The number of benzene rings is 1. The van der Waals surface area contributed by atoms with Crippen LogP contribution < -0.4 is 10.6 Å². The Bertz CT molecular complexity index is 972. The molecule has 0 aliphatic carbocycles. The van der Waals surface area contributed by atoms with Crippen LogP contribution >= 0.6 is 39.5 Å². The van der Waals surface area contributed by atoms with Gasteiger partial charge in [-0.05, 0) is 46.7 Å². The second-order valence-corrected chi connectivity index (χ2v) is 8.60. The van der Waals surface area contributed by atoms with Crippen LogP contribution in [0.2, 0.25) is 0 Å². The Hall–Kier alpha value is -2.23. The molecule has 0 unspecified atom stereocenters. The number of carbonyl (C=O) groups is 1. The summed E-state index contributed by atoms with van der Waals surface area (Å²) in [6, 6.07) is 12.0. The summed E-state index contributed by atoms with van der Waals surface area (Å²) >= 11 is 10.3. The lowest BCUT2D eigenvalue weighted by Crippen LogP contribution is -2.31. The van der Waals surface area contributed by atoms with Gasteiger partial charge in [0.15, 0.2) is 5.11 Å². The summed E-state index contributed by atoms with van der Waals surface area (Å²) in [6.07, 6.45) is 4.38. The first-order valence-corrected chi connectivity index (χ1v) is 11.1. The molecular weight excluding hydrogens is 472 g/mol. The lowest BCUT2D eigenvalue weighted by molar-refractivity contribution is 0.0528. The highest BCUT2D eigenvalue weighted by atomic mass is 79.9. The SMILES string of the molecule is CCOC(=O)c1cc(Cc2ccccc2)sc1NC(=S)NCCn1cc(Br)cn1. The molecule has 2 aromatic heterocycles. The number of nitrogens with one attached hydrogen (secondary N) is 2. The molecule has 0 fully saturated rings. The van der Waals surface area contributed by atoms with E-state index in [0.717, 1.165) is 15.8 Å². The van der Waals surface area contributed by atoms with Gasteiger partial charge in [-0.25, -0.2) is 4.79 Å². The van der Waals surface area contributed by atoms with E-state index in [1.165, 1.54) is 16.9 Å². The molecule has 6 nitrogen and oxygen atoms in total. The summed E-state index contributed by atoms with van der Waals surface area (Å²) in [4.78, 5) is 13.4. The summed E-state index contributed by atoms with van der Waals surface area (Å²) in [5.74, 6) is -0.352. The molecule has 0 saturated heterocycles. The zero-order valence-corrected chi connectivity index (χ0v) is 19.1. The molecular formula is C20H21BrN4O2S2. The minimum Gasteiger partial charge on any atom is -0.462 e. The smallest absolute Gasteiger partial charge is 0.341 e. The van der Waals surface area contributed by atoms with Crippen LogP contribution in [0.15, 0.2) is 53.3 Å². The number of aromatic nitrogens is 2. The second kappa shape index (κ2) is 10.5. The van der Waals surface area contributed by atoms with Crippen molar-refractivity contribution in [3.8, 4) is 0 Å². The zero-order valence-electron chi connectivity index (χ0n) is 15.9. The van der Waals surface area contributed by atoms with Gasteiger partial charge in [-0.2, -0.15) is 5.10 Å². The van der Waals surface area contributed by atoms with Crippen molar-refractivity contribution >= 4 is 55.6 Å². The van der Waals surface area contributed by atoms with E-state index in [1.807, 2.05) is 35.1 Å². The van der Waals surface area contributed by atoms with Crippen LogP contribution in [0.5, 0.6) is 0 Å². The zero-order chi connectivity index (χ0) is 20.6. The lowest BCUT2D eigenvalue weighted by Gasteiger charge is -2.10. The van der Waals surface area contributed by atoms with Gasteiger partial charge in [-0.1, -0.05) is 30.3 Å². The van der Waals surface area contributed by atoms with Crippen LogP contribution in [0.4, 0.5) is 5.00 Å². The number of ether oxygens (including phenoxy) is 1.